The van der Waals surface area contributed by atoms with Gasteiger partial charge in [-0.2, -0.15) is 0 Å². The lowest BCUT2D eigenvalue weighted by Crippen LogP contribution is -2.28. The largest absolute Gasteiger partial charge is 0.487 e. The molecule has 0 radical (unpaired) electrons. The Labute approximate surface area is 162 Å². The van der Waals surface area contributed by atoms with Crippen molar-refractivity contribution in [2.45, 2.75) is 45.8 Å². The molecule has 1 aliphatic rings. The zero-order chi connectivity index (χ0) is 18.6. The molecule has 1 saturated heterocycles. The molecule has 0 aliphatic carbocycles. The smallest absolute Gasteiger partial charge is 0.141 e. The van der Waals surface area contributed by atoms with E-state index in [9.17, 15) is 0 Å². The second-order valence-corrected chi connectivity index (χ2v) is 7.65. The molecule has 1 fully saturated rings. The standard InChI is InChI=1S/C24H28N2O/c1-18-7-6-13-26(18)14-12-20-10-11-23-22(15-20)16-24(19(2)25-23)27-17-21-8-4-3-5-9-21/h3-5,8-11,15-16,18H,6-7,12-14,17H2,1-2H3/t18-/m0/s1. The van der Waals surface area contributed by atoms with E-state index in [1.807, 2.05) is 25.1 Å². The van der Waals surface area contributed by atoms with Crippen molar-refractivity contribution in [1.29, 1.82) is 0 Å². The highest BCUT2D eigenvalue weighted by molar-refractivity contribution is 5.81. The van der Waals surface area contributed by atoms with Crippen molar-refractivity contribution < 1.29 is 4.74 Å². The second kappa shape index (κ2) is 8.10. The van der Waals surface area contributed by atoms with Crippen LogP contribution in [0.25, 0.3) is 10.9 Å². The van der Waals surface area contributed by atoms with Crippen LogP contribution in [-0.2, 0) is 13.0 Å². The van der Waals surface area contributed by atoms with Gasteiger partial charge < -0.3 is 9.64 Å². The molecule has 1 aromatic heterocycles. The predicted octanol–water partition coefficient (Wildman–Crippen LogP) is 5.15. The molecule has 0 N–H and O–H groups in total. The normalized spacial score (nSPS) is 17.5. The zero-order valence-electron chi connectivity index (χ0n) is 16.3. The van der Waals surface area contributed by atoms with Crippen LogP contribution in [0.3, 0.4) is 0 Å². The average molecular weight is 361 g/mol. The summed E-state index contributed by atoms with van der Waals surface area (Å²) in [4.78, 5) is 7.35. The summed E-state index contributed by atoms with van der Waals surface area (Å²) in [6.07, 6.45) is 3.77. The fourth-order valence-electron chi connectivity index (χ4n) is 3.94. The van der Waals surface area contributed by atoms with E-state index in [1.165, 1.54) is 30.5 Å². The van der Waals surface area contributed by atoms with Crippen molar-refractivity contribution in [2.24, 2.45) is 0 Å². The highest BCUT2D eigenvalue weighted by atomic mass is 16.5. The summed E-state index contributed by atoms with van der Waals surface area (Å²) in [6.45, 7) is 7.32. The molecule has 3 heteroatoms. The molecule has 0 unspecified atom stereocenters. The molecule has 3 aromatic rings. The van der Waals surface area contributed by atoms with Crippen molar-refractivity contribution in [3.05, 3.63) is 71.4 Å². The highest BCUT2D eigenvalue weighted by Gasteiger charge is 2.19. The van der Waals surface area contributed by atoms with E-state index in [0.29, 0.717) is 6.61 Å². The maximum Gasteiger partial charge on any atom is 0.141 e. The molecule has 0 saturated carbocycles. The molecule has 0 bridgehead atoms. The molecular weight excluding hydrogens is 332 g/mol. The van der Waals surface area contributed by atoms with E-state index in [-0.39, 0.29) is 0 Å². The predicted molar refractivity (Wildman–Crippen MR) is 111 cm³/mol. The van der Waals surface area contributed by atoms with Crippen molar-refractivity contribution in [3.8, 4) is 5.75 Å². The number of likely N-dealkylation sites (tertiary alicyclic amines) is 1. The third-order valence-corrected chi connectivity index (χ3v) is 5.64. The number of hydrogen-bond donors (Lipinski definition) is 0. The monoisotopic (exact) mass is 360 g/mol. The number of aryl methyl sites for hydroxylation is 1. The van der Waals surface area contributed by atoms with Crippen LogP contribution < -0.4 is 4.74 Å². The van der Waals surface area contributed by atoms with Gasteiger partial charge in [-0.15, -0.1) is 0 Å². The van der Waals surface area contributed by atoms with Crippen molar-refractivity contribution in [3.63, 3.8) is 0 Å². The van der Waals surface area contributed by atoms with Crippen LogP contribution in [0.5, 0.6) is 5.75 Å². The molecular formula is C24H28N2O. The van der Waals surface area contributed by atoms with E-state index in [1.54, 1.807) is 0 Å². The molecule has 140 valence electrons. The lowest BCUT2D eigenvalue weighted by molar-refractivity contribution is 0.272. The lowest BCUT2D eigenvalue weighted by atomic mass is 10.1. The molecule has 3 nitrogen and oxygen atoms in total. The number of rotatable bonds is 6. The van der Waals surface area contributed by atoms with Crippen LogP contribution in [0.15, 0.2) is 54.6 Å². The SMILES string of the molecule is Cc1nc2ccc(CCN3CCC[C@@H]3C)cc2cc1OCc1ccccc1. The number of benzene rings is 2. The maximum absolute atomic E-state index is 6.06. The first-order chi connectivity index (χ1) is 13.2. The number of aromatic nitrogens is 1. The molecule has 1 aliphatic heterocycles. The summed E-state index contributed by atoms with van der Waals surface area (Å²) in [5.74, 6) is 0.872. The van der Waals surface area contributed by atoms with Gasteiger partial charge in [-0.05, 0) is 69.0 Å². The Kier molecular flexibility index (Phi) is 5.40. The number of nitrogens with zero attached hydrogens (tertiary/aromatic N) is 2. The van der Waals surface area contributed by atoms with Gasteiger partial charge in [0.05, 0.1) is 11.2 Å². The van der Waals surface area contributed by atoms with E-state index in [4.69, 9.17) is 9.72 Å². The Balaban J connectivity index is 1.49. The van der Waals surface area contributed by atoms with E-state index >= 15 is 0 Å². The van der Waals surface area contributed by atoms with Gasteiger partial charge in [0.25, 0.3) is 0 Å². The van der Waals surface area contributed by atoms with Gasteiger partial charge in [0.2, 0.25) is 0 Å². The fraction of sp³-hybridized carbons (Fsp3) is 0.375. The Hall–Kier alpha value is -2.39. The lowest BCUT2D eigenvalue weighted by Gasteiger charge is -2.20. The van der Waals surface area contributed by atoms with Gasteiger partial charge in [0.15, 0.2) is 0 Å². The number of pyridine rings is 1. The van der Waals surface area contributed by atoms with Crippen molar-refractivity contribution >= 4 is 10.9 Å². The van der Waals surface area contributed by atoms with Gasteiger partial charge >= 0.3 is 0 Å². The summed E-state index contributed by atoms with van der Waals surface area (Å²) < 4.78 is 6.06. The first kappa shape index (κ1) is 18.0. The van der Waals surface area contributed by atoms with Gasteiger partial charge in [-0.3, -0.25) is 0 Å². The summed E-state index contributed by atoms with van der Waals surface area (Å²) in [7, 11) is 0. The Morgan fingerprint density at radius 2 is 1.93 bits per heavy atom. The van der Waals surface area contributed by atoms with Crippen LogP contribution in [0.2, 0.25) is 0 Å². The van der Waals surface area contributed by atoms with Crippen molar-refractivity contribution in [1.82, 2.24) is 9.88 Å². The van der Waals surface area contributed by atoms with Crippen molar-refractivity contribution in [2.75, 3.05) is 13.1 Å². The fourth-order valence-corrected chi connectivity index (χ4v) is 3.94. The molecule has 0 spiro atoms. The molecule has 4 rings (SSSR count). The van der Waals surface area contributed by atoms with Gasteiger partial charge in [-0.1, -0.05) is 36.4 Å². The minimum atomic E-state index is 0.571. The minimum absolute atomic E-state index is 0.571. The topological polar surface area (TPSA) is 25.4 Å². The van der Waals surface area contributed by atoms with Gasteiger partial charge in [-0.25, -0.2) is 4.98 Å². The van der Waals surface area contributed by atoms with E-state index in [0.717, 1.165) is 41.4 Å². The molecule has 1 atom stereocenters. The van der Waals surface area contributed by atoms with Crippen LogP contribution in [0.4, 0.5) is 0 Å². The first-order valence-corrected chi connectivity index (χ1v) is 10.00. The second-order valence-electron chi connectivity index (χ2n) is 7.65. The average Bonchev–Trinajstić information content (AvgIpc) is 3.10. The molecule has 0 amide bonds. The summed E-state index contributed by atoms with van der Waals surface area (Å²) in [5.41, 5.74) is 4.53. The van der Waals surface area contributed by atoms with E-state index < -0.39 is 0 Å². The van der Waals surface area contributed by atoms with Crippen LogP contribution in [-0.4, -0.2) is 29.0 Å². The third-order valence-electron chi connectivity index (χ3n) is 5.64. The summed E-state index contributed by atoms with van der Waals surface area (Å²) in [6, 6.07) is 19.8. The summed E-state index contributed by atoms with van der Waals surface area (Å²) >= 11 is 0. The Morgan fingerprint density at radius 3 is 2.70 bits per heavy atom. The van der Waals surface area contributed by atoms with Gasteiger partial charge in [0, 0.05) is 18.0 Å². The first-order valence-electron chi connectivity index (χ1n) is 10.00. The van der Waals surface area contributed by atoms with Crippen LogP contribution in [0, 0.1) is 6.92 Å². The Morgan fingerprint density at radius 1 is 1.07 bits per heavy atom. The van der Waals surface area contributed by atoms with Crippen LogP contribution >= 0.6 is 0 Å². The molecule has 27 heavy (non-hydrogen) atoms. The zero-order valence-corrected chi connectivity index (χ0v) is 16.3. The number of ether oxygens (including phenoxy) is 1. The number of fused-ring (bicyclic) bond motifs is 1. The highest BCUT2D eigenvalue weighted by Crippen LogP contribution is 2.25. The third kappa shape index (κ3) is 4.30. The van der Waals surface area contributed by atoms with Crippen LogP contribution in [0.1, 0.15) is 36.6 Å². The number of hydrogen-bond acceptors (Lipinski definition) is 3. The minimum Gasteiger partial charge on any atom is -0.487 e. The quantitative estimate of drug-likeness (QED) is 0.608. The van der Waals surface area contributed by atoms with E-state index in [2.05, 4.69) is 48.2 Å². The van der Waals surface area contributed by atoms with Gasteiger partial charge in [0.1, 0.15) is 12.4 Å². The maximum atomic E-state index is 6.06. The summed E-state index contributed by atoms with van der Waals surface area (Å²) in [5, 5.41) is 1.16. The Bertz CT molecular complexity index is 907. The molecule has 2 heterocycles. The molecule has 2 aromatic carbocycles.